The van der Waals surface area contributed by atoms with Crippen molar-refractivity contribution in [3.05, 3.63) is 57.7 Å². The van der Waals surface area contributed by atoms with Crippen molar-refractivity contribution in [3.8, 4) is 11.1 Å². The number of H-pyrrole nitrogens is 2. The summed E-state index contributed by atoms with van der Waals surface area (Å²) >= 11 is 7.01. The predicted octanol–water partition coefficient (Wildman–Crippen LogP) is 5.84. The molecule has 2 aromatic carbocycles. The SMILES string of the molecule is Brc1ccc2c(-c3c[nH]c4cc(Br)ccc34)c[nH]c2c1. The number of halogens is 2. The van der Waals surface area contributed by atoms with Crippen LogP contribution >= 0.6 is 31.9 Å². The van der Waals surface area contributed by atoms with Crippen LogP contribution in [0.4, 0.5) is 0 Å². The second-order valence-electron chi connectivity index (χ2n) is 4.78. The Kier molecular flexibility index (Phi) is 2.75. The van der Waals surface area contributed by atoms with Gasteiger partial charge in [0.05, 0.1) is 0 Å². The lowest BCUT2D eigenvalue weighted by Gasteiger charge is -1.99. The monoisotopic (exact) mass is 388 g/mol. The third-order valence-electron chi connectivity index (χ3n) is 3.58. The number of rotatable bonds is 1. The summed E-state index contributed by atoms with van der Waals surface area (Å²) in [6.45, 7) is 0. The molecule has 0 atom stereocenters. The quantitative estimate of drug-likeness (QED) is 0.409. The molecule has 0 saturated carbocycles. The number of aromatic nitrogens is 2. The largest absolute Gasteiger partial charge is 0.361 e. The van der Waals surface area contributed by atoms with Crippen LogP contribution in [0.1, 0.15) is 0 Å². The minimum absolute atomic E-state index is 1.08. The maximum atomic E-state index is 3.51. The van der Waals surface area contributed by atoms with Crippen molar-refractivity contribution in [1.82, 2.24) is 9.97 Å². The molecule has 0 saturated heterocycles. The van der Waals surface area contributed by atoms with Gasteiger partial charge >= 0.3 is 0 Å². The van der Waals surface area contributed by atoms with Crippen LogP contribution in [0.5, 0.6) is 0 Å². The van der Waals surface area contributed by atoms with E-state index in [0.717, 1.165) is 20.0 Å². The fourth-order valence-electron chi connectivity index (χ4n) is 2.64. The highest BCUT2D eigenvalue weighted by atomic mass is 79.9. The minimum atomic E-state index is 1.08. The number of benzene rings is 2. The topological polar surface area (TPSA) is 31.6 Å². The van der Waals surface area contributed by atoms with Crippen molar-refractivity contribution >= 4 is 53.7 Å². The van der Waals surface area contributed by atoms with Crippen molar-refractivity contribution in [2.45, 2.75) is 0 Å². The van der Waals surface area contributed by atoms with Crippen LogP contribution in [-0.4, -0.2) is 9.97 Å². The van der Waals surface area contributed by atoms with E-state index in [1.54, 1.807) is 0 Å². The predicted molar refractivity (Wildman–Crippen MR) is 91.0 cm³/mol. The van der Waals surface area contributed by atoms with Crippen LogP contribution in [0, 0.1) is 0 Å². The van der Waals surface area contributed by atoms with E-state index in [9.17, 15) is 0 Å². The summed E-state index contributed by atoms with van der Waals surface area (Å²) in [5.74, 6) is 0. The Morgan fingerprint density at radius 3 is 1.55 bits per heavy atom. The first-order chi connectivity index (χ1) is 9.72. The zero-order chi connectivity index (χ0) is 13.7. The molecule has 4 aromatic rings. The molecule has 4 rings (SSSR count). The van der Waals surface area contributed by atoms with E-state index in [1.165, 1.54) is 21.9 Å². The molecule has 2 aromatic heterocycles. The average Bonchev–Trinajstić information content (AvgIpc) is 3.01. The molecule has 0 bridgehead atoms. The van der Waals surface area contributed by atoms with Crippen LogP contribution in [0.3, 0.4) is 0 Å². The Labute approximate surface area is 132 Å². The number of aromatic amines is 2. The van der Waals surface area contributed by atoms with Crippen molar-refractivity contribution in [1.29, 1.82) is 0 Å². The molecule has 0 spiro atoms. The van der Waals surface area contributed by atoms with E-state index in [1.807, 2.05) is 0 Å². The Balaban J connectivity index is 2.01. The lowest BCUT2D eigenvalue weighted by Crippen LogP contribution is -1.74. The van der Waals surface area contributed by atoms with Gasteiger partial charge in [-0.1, -0.05) is 44.0 Å². The first-order valence-electron chi connectivity index (χ1n) is 6.26. The molecule has 2 N–H and O–H groups in total. The maximum absolute atomic E-state index is 3.51. The summed E-state index contributed by atoms with van der Waals surface area (Å²) in [5, 5.41) is 2.47. The number of nitrogens with one attached hydrogen (secondary N) is 2. The van der Waals surface area contributed by atoms with E-state index in [-0.39, 0.29) is 0 Å². The maximum Gasteiger partial charge on any atom is 0.0471 e. The molecule has 0 aliphatic heterocycles. The van der Waals surface area contributed by atoms with Gasteiger partial charge in [0.1, 0.15) is 0 Å². The molecule has 0 amide bonds. The third-order valence-corrected chi connectivity index (χ3v) is 4.56. The van der Waals surface area contributed by atoms with Crippen LogP contribution in [0.15, 0.2) is 57.7 Å². The third kappa shape index (κ3) is 1.83. The first-order valence-corrected chi connectivity index (χ1v) is 7.84. The smallest absolute Gasteiger partial charge is 0.0471 e. The highest BCUT2D eigenvalue weighted by Gasteiger charge is 2.11. The molecular formula is C16H10Br2N2. The van der Waals surface area contributed by atoms with Crippen molar-refractivity contribution < 1.29 is 0 Å². The molecule has 0 aliphatic carbocycles. The van der Waals surface area contributed by atoms with Gasteiger partial charge in [0.15, 0.2) is 0 Å². The highest BCUT2D eigenvalue weighted by Crippen LogP contribution is 2.35. The zero-order valence-corrected chi connectivity index (χ0v) is 13.5. The molecule has 0 fully saturated rings. The Morgan fingerprint density at radius 1 is 0.650 bits per heavy atom. The lowest BCUT2D eigenvalue weighted by molar-refractivity contribution is 1.46. The van der Waals surface area contributed by atoms with E-state index >= 15 is 0 Å². The van der Waals surface area contributed by atoms with E-state index in [4.69, 9.17) is 0 Å². The molecular weight excluding hydrogens is 380 g/mol. The lowest BCUT2D eigenvalue weighted by atomic mass is 10.0. The number of fused-ring (bicyclic) bond motifs is 2. The van der Waals surface area contributed by atoms with Gasteiger partial charge < -0.3 is 9.97 Å². The Morgan fingerprint density at radius 2 is 1.10 bits per heavy atom. The van der Waals surface area contributed by atoms with Gasteiger partial charge in [-0.25, -0.2) is 0 Å². The van der Waals surface area contributed by atoms with E-state index in [2.05, 4.69) is 90.6 Å². The fourth-order valence-corrected chi connectivity index (χ4v) is 3.36. The van der Waals surface area contributed by atoms with Crippen molar-refractivity contribution in [2.24, 2.45) is 0 Å². The normalized spacial score (nSPS) is 11.5. The molecule has 2 nitrogen and oxygen atoms in total. The number of hydrogen-bond acceptors (Lipinski definition) is 0. The van der Waals surface area contributed by atoms with Crippen molar-refractivity contribution in [2.75, 3.05) is 0 Å². The van der Waals surface area contributed by atoms with Gasteiger partial charge in [-0.15, -0.1) is 0 Å². The highest BCUT2D eigenvalue weighted by molar-refractivity contribution is 9.10. The molecule has 20 heavy (non-hydrogen) atoms. The molecule has 98 valence electrons. The summed E-state index contributed by atoms with van der Waals surface area (Å²) in [5.41, 5.74) is 4.73. The molecule has 4 heteroatoms. The zero-order valence-electron chi connectivity index (χ0n) is 10.4. The summed E-state index contributed by atoms with van der Waals surface area (Å²) in [4.78, 5) is 6.68. The minimum Gasteiger partial charge on any atom is -0.361 e. The molecule has 2 heterocycles. The van der Waals surface area contributed by atoms with Crippen LogP contribution in [0.2, 0.25) is 0 Å². The molecule has 0 aliphatic rings. The second-order valence-corrected chi connectivity index (χ2v) is 6.62. The number of hydrogen-bond donors (Lipinski definition) is 2. The van der Waals surface area contributed by atoms with Gasteiger partial charge in [0.25, 0.3) is 0 Å². The average molecular weight is 390 g/mol. The van der Waals surface area contributed by atoms with Gasteiger partial charge in [-0.2, -0.15) is 0 Å². The molecule has 0 unspecified atom stereocenters. The van der Waals surface area contributed by atoms with E-state index < -0.39 is 0 Å². The summed E-state index contributed by atoms with van der Waals surface area (Å²) in [7, 11) is 0. The van der Waals surface area contributed by atoms with E-state index in [0.29, 0.717) is 0 Å². The van der Waals surface area contributed by atoms with Gasteiger partial charge in [-0.05, 0) is 24.3 Å². The van der Waals surface area contributed by atoms with Crippen molar-refractivity contribution in [3.63, 3.8) is 0 Å². The second kappa shape index (κ2) is 4.50. The fraction of sp³-hybridized carbons (Fsp3) is 0. The Bertz CT molecular complexity index is 856. The van der Waals surface area contributed by atoms with Crippen LogP contribution in [-0.2, 0) is 0 Å². The summed E-state index contributed by atoms with van der Waals surface area (Å²) in [6.07, 6.45) is 4.14. The van der Waals surface area contributed by atoms with Gasteiger partial charge in [0, 0.05) is 54.3 Å². The summed E-state index contributed by atoms with van der Waals surface area (Å²) < 4.78 is 2.17. The van der Waals surface area contributed by atoms with Gasteiger partial charge in [0.2, 0.25) is 0 Å². The van der Waals surface area contributed by atoms with Gasteiger partial charge in [-0.3, -0.25) is 0 Å². The van der Waals surface area contributed by atoms with Crippen LogP contribution < -0.4 is 0 Å². The standard InChI is InChI=1S/C16H10Br2N2/c17-9-1-3-11-13(7-19-15(11)5-9)14-8-20-16-6-10(18)2-4-12(14)16/h1-8,19-20H. The molecule has 0 radical (unpaired) electrons. The van der Waals surface area contributed by atoms with Crippen LogP contribution in [0.25, 0.3) is 32.9 Å². The summed E-state index contributed by atoms with van der Waals surface area (Å²) in [6, 6.07) is 12.6. The Hall–Kier alpha value is -1.52. The first kappa shape index (κ1) is 12.2.